The highest BCUT2D eigenvalue weighted by Crippen LogP contribution is 2.10. The molecular formula is C17H21N3O4. The lowest BCUT2D eigenvalue weighted by atomic mass is 10.0. The van der Waals surface area contributed by atoms with Gasteiger partial charge >= 0.3 is 5.97 Å². The van der Waals surface area contributed by atoms with Gasteiger partial charge in [-0.3, -0.25) is 14.3 Å². The van der Waals surface area contributed by atoms with Crippen LogP contribution in [0.15, 0.2) is 29.1 Å². The highest BCUT2D eigenvalue weighted by Gasteiger charge is 2.27. The van der Waals surface area contributed by atoms with Crippen molar-refractivity contribution < 1.29 is 14.3 Å². The van der Waals surface area contributed by atoms with Crippen LogP contribution in [0.4, 0.5) is 0 Å². The van der Waals surface area contributed by atoms with Crippen molar-refractivity contribution in [2.45, 2.75) is 33.4 Å². The highest BCUT2D eigenvalue weighted by atomic mass is 16.5. The molecule has 1 aromatic carbocycles. The van der Waals surface area contributed by atoms with Crippen molar-refractivity contribution in [1.82, 2.24) is 15.1 Å². The van der Waals surface area contributed by atoms with Gasteiger partial charge in [-0.25, -0.2) is 4.79 Å². The molecule has 2 aromatic rings. The average Bonchev–Trinajstić information content (AvgIpc) is 2.59. The summed E-state index contributed by atoms with van der Waals surface area (Å²) in [4.78, 5) is 36.9. The van der Waals surface area contributed by atoms with E-state index in [1.54, 1.807) is 42.8 Å². The SMILES string of the molecule is CCn1nc(C(=O)NC(C(=O)OC)C(C)C)c(=O)c2ccccc21. The molecule has 1 N–H and O–H groups in total. The van der Waals surface area contributed by atoms with E-state index in [0.717, 1.165) is 0 Å². The van der Waals surface area contributed by atoms with Crippen LogP contribution in [-0.2, 0) is 16.1 Å². The number of hydrogen-bond acceptors (Lipinski definition) is 5. The smallest absolute Gasteiger partial charge is 0.328 e. The Morgan fingerprint density at radius 3 is 2.54 bits per heavy atom. The first kappa shape index (κ1) is 17.7. The van der Waals surface area contributed by atoms with Crippen LogP contribution in [0.25, 0.3) is 10.9 Å². The summed E-state index contributed by atoms with van der Waals surface area (Å²) >= 11 is 0. The van der Waals surface area contributed by atoms with E-state index in [2.05, 4.69) is 10.4 Å². The zero-order valence-electron chi connectivity index (χ0n) is 14.2. The van der Waals surface area contributed by atoms with Gasteiger partial charge in [-0.1, -0.05) is 26.0 Å². The minimum Gasteiger partial charge on any atom is -0.467 e. The number of carbonyl (C=O) groups excluding carboxylic acids is 2. The minimum atomic E-state index is -0.842. The summed E-state index contributed by atoms with van der Waals surface area (Å²) in [5, 5.41) is 7.12. The van der Waals surface area contributed by atoms with Crippen LogP contribution in [-0.4, -0.2) is 34.8 Å². The molecule has 0 bridgehead atoms. The van der Waals surface area contributed by atoms with Gasteiger partial charge in [0.15, 0.2) is 5.69 Å². The number of aryl methyl sites for hydroxylation is 1. The topological polar surface area (TPSA) is 90.3 Å². The van der Waals surface area contributed by atoms with Gasteiger partial charge in [0.05, 0.1) is 12.6 Å². The first-order chi connectivity index (χ1) is 11.4. The second kappa shape index (κ2) is 7.25. The van der Waals surface area contributed by atoms with Crippen LogP contribution in [0.2, 0.25) is 0 Å². The predicted molar refractivity (Wildman–Crippen MR) is 89.8 cm³/mol. The fourth-order valence-electron chi connectivity index (χ4n) is 2.46. The number of hydrogen-bond donors (Lipinski definition) is 1. The predicted octanol–water partition coefficient (Wildman–Crippen LogP) is 1.34. The quantitative estimate of drug-likeness (QED) is 0.835. The second-order valence-corrected chi connectivity index (χ2v) is 5.73. The van der Waals surface area contributed by atoms with Crippen molar-refractivity contribution in [2.24, 2.45) is 5.92 Å². The zero-order chi connectivity index (χ0) is 17.9. The zero-order valence-corrected chi connectivity index (χ0v) is 14.2. The maximum atomic E-state index is 12.6. The summed E-state index contributed by atoms with van der Waals surface area (Å²) in [6.07, 6.45) is 0. The maximum absolute atomic E-state index is 12.6. The molecule has 0 radical (unpaired) electrons. The number of fused-ring (bicyclic) bond motifs is 1. The maximum Gasteiger partial charge on any atom is 0.328 e. The first-order valence-electron chi connectivity index (χ1n) is 7.79. The van der Waals surface area contributed by atoms with Crippen molar-refractivity contribution in [1.29, 1.82) is 0 Å². The van der Waals surface area contributed by atoms with Crippen LogP contribution >= 0.6 is 0 Å². The van der Waals surface area contributed by atoms with Crippen LogP contribution in [0.3, 0.4) is 0 Å². The number of amides is 1. The van der Waals surface area contributed by atoms with Gasteiger partial charge in [0.1, 0.15) is 6.04 Å². The molecule has 0 fully saturated rings. The van der Waals surface area contributed by atoms with Gasteiger partial charge in [0.25, 0.3) is 5.91 Å². The summed E-state index contributed by atoms with van der Waals surface area (Å²) in [6.45, 7) is 5.93. The molecule has 1 amide bonds. The molecule has 0 saturated heterocycles. The fraction of sp³-hybridized carbons (Fsp3) is 0.412. The first-order valence-corrected chi connectivity index (χ1v) is 7.79. The molecule has 1 aromatic heterocycles. The Balaban J connectivity index is 2.48. The van der Waals surface area contributed by atoms with Crippen LogP contribution in [0.5, 0.6) is 0 Å². The number of benzene rings is 1. The number of carbonyl (C=O) groups is 2. The summed E-state index contributed by atoms with van der Waals surface area (Å²) in [7, 11) is 1.25. The van der Waals surface area contributed by atoms with Crippen LogP contribution in [0.1, 0.15) is 31.3 Å². The fourth-order valence-corrected chi connectivity index (χ4v) is 2.46. The lowest BCUT2D eigenvalue weighted by Crippen LogP contribution is -2.46. The molecule has 0 spiro atoms. The molecule has 1 unspecified atom stereocenters. The van der Waals surface area contributed by atoms with Gasteiger partial charge in [-0.05, 0) is 25.0 Å². The molecule has 7 nitrogen and oxygen atoms in total. The van der Waals surface area contributed by atoms with Crippen LogP contribution in [0, 0.1) is 5.92 Å². The molecule has 0 aliphatic carbocycles. The summed E-state index contributed by atoms with van der Waals surface area (Å²) in [6, 6.07) is 6.13. The molecule has 1 atom stereocenters. The van der Waals surface area contributed by atoms with E-state index < -0.39 is 23.3 Å². The molecule has 0 aliphatic heterocycles. The molecule has 0 saturated carbocycles. The Kier molecular flexibility index (Phi) is 5.33. The van der Waals surface area contributed by atoms with Gasteiger partial charge < -0.3 is 10.1 Å². The average molecular weight is 331 g/mol. The number of aromatic nitrogens is 2. The Bertz CT molecular complexity index is 826. The van der Waals surface area contributed by atoms with E-state index in [4.69, 9.17) is 4.74 Å². The number of para-hydroxylation sites is 1. The standard InChI is InChI=1S/C17H21N3O4/c1-5-20-12-9-7-6-8-11(12)15(21)14(19-20)16(22)18-13(10(2)3)17(23)24-4/h6-10,13H,5H2,1-4H3,(H,18,22). The number of nitrogens with zero attached hydrogens (tertiary/aromatic N) is 2. The van der Waals surface area contributed by atoms with E-state index in [0.29, 0.717) is 17.4 Å². The van der Waals surface area contributed by atoms with Crippen molar-refractivity contribution in [3.63, 3.8) is 0 Å². The number of methoxy groups -OCH3 is 1. The van der Waals surface area contributed by atoms with Gasteiger partial charge in [0, 0.05) is 11.9 Å². The van der Waals surface area contributed by atoms with E-state index in [1.165, 1.54) is 7.11 Å². The van der Waals surface area contributed by atoms with Crippen molar-refractivity contribution in [3.05, 3.63) is 40.2 Å². The number of esters is 1. The second-order valence-electron chi connectivity index (χ2n) is 5.73. The van der Waals surface area contributed by atoms with Crippen LogP contribution < -0.4 is 10.7 Å². The van der Waals surface area contributed by atoms with Gasteiger partial charge in [-0.15, -0.1) is 0 Å². The number of nitrogens with one attached hydrogen (secondary N) is 1. The third-order valence-electron chi connectivity index (χ3n) is 3.79. The molecule has 7 heteroatoms. The Hall–Kier alpha value is -2.70. The summed E-state index contributed by atoms with van der Waals surface area (Å²) in [5.41, 5.74) is -0.0276. The molecule has 128 valence electrons. The summed E-state index contributed by atoms with van der Waals surface area (Å²) in [5.74, 6) is -1.43. The monoisotopic (exact) mass is 331 g/mol. The van der Waals surface area contributed by atoms with Crippen molar-refractivity contribution in [3.8, 4) is 0 Å². The Morgan fingerprint density at radius 1 is 1.29 bits per heavy atom. The van der Waals surface area contributed by atoms with E-state index in [-0.39, 0.29) is 11.6 Å². The highest BCUT2D eigenvalue weighted by molar-refractivity contribution is 5.97. The normalized spacial score (nSPS) is 12.2. The third-order valence-corrected chi connectivity index (χ3v) is 3.79. The van der Waals surface area contributed by atoms with Gasteiger partial charge in [0.2, 0.25) is 5.43 Å². The van der Waals surface area contributed by atoms with E-state index in [9.17, 15) is 14.4 Å². The molecular weight excluding hydrogens is 310 g/mol. The Labute approximate surface area is 139 Å². The minimum absolute atomic E-state index is 0.185. The molecule has 24 heavy (non-hydrogen) atoms. The molecule has 2 rings (SSSR count). The van der Waals surface area contributed by atoms with Gasteiger partial charge in [-0.2, -0.15) is 5.10 Å². The summed E-state index contributed by atoms with van der Waals surface area (Å²) < 4.78 is 6.29. The molecule has 0 aliphatic rings. The third kappa shape index (κ3) is 3.29. The molecule has 1 heterocycles. The lowest BCUT2D eigenvalue weighted by Gasteiger charge is -2.19. The lowest BCUT2D eigenvalue weighted by molar-refractivity contribution is -0.144. The number of ether oxygens (including phenoxy) is 1. The van der Waals surface area contributed by atoms with Crippen molar-refractivity contribution in [2.75, 3.05) is 7.11 Å². The van der Waals surface area contributed by atoms with Crippen molar-refractivity contribution >= 4 is 22.8 Å². The largest absolute Gasteiger partial charge is 0.467 e. The van der Waals surface area contributed by atoms with E-state index >= 15 is 0 Å². The van der Waals surface area contributed by atoms with E-state index in [1.807, 2.05) is 6.92 Å². The Morgan fingerprint density at radius 2 is 1.96 bits per heavy atom. The number of rotatable bonds is 5.